The summed E-state index contributed by atoms with van der Waals surface area (Å²) in [5, 5.41) is 0. The lowest BCUT2D eigenvalue weighted by molar-refractivity contribution is -0.870. The highest BCUT2D eigenvalue weighted by Gasteiger charge is 2.22. The van der Waals surface area contributed by atoms with Gasteiger partial charge in [0.05, 0.1) is 27.7 Å². The quantitative estimate of drug-likeness (QED) is 0.0195. The Labute approximate surface area is 603 Å². The molecule has 0 radical (unpaired) electrons. The molecule has 554 valence electrons. The number of nitrogens with zero attached hydrogens (tertiary/aromatic N) is 1. The molecule has 9 nitrogen and oxygen atoms in total. The number of hydrogen-bond donors (Lipinski definition) is 0. The molecule has 10 heteroatoms. The number of rotatable bonds is 70. The van der Waals surface area contributed by atoms with Crippen molar-refractivity contribution < 1.29 is 42.1 Å². The number of phosphoric acid groups is 1. The summed E-state index contributed by atoms with van der Waals surface area (Å²) < 4.78 is 34.4. The van der Waals surface area contributed by atoms with E-state index in [2.05, 4.69) is 208 Å². The number of esters is 2. The van der Waals surface area contributed by atoms with Gasteiger partial charge < -0.3 is 27.9 Å². The third-order valence-electron chi connectivity index (χ3n) is 16.1. The second kappa shape index (κ2) is 76.0. The second-order valence-electron chi connectivity index (χ2n) is 26.6. The number of allylic oxidation sites excluding steroid dienone is 32. The standard InChI is InChI=1S/C88H144NO8P/c1-6-8-10-12-14-16-18-20-22-24-26-28-30-32-34-36-38-40-42-44-46-48-50-52-54-56-58-60-62-64-66-68-70-72-74-76-78-80-87(90)94-84-86(85-96-98(92,93)95-83-82-89(3,4)5)97-88(91)81-79-77-75-73-71-69-67-65-63-61-59-57-55-53-51-49-47-45-43-41-39-37-35-33-31-29-27-25-23-21-19-17-15-13-11-9-7-2/h8-11,14-17,20-23,26-29,32-35,38-41,45,47,51,53,57,59,63,65,86H,6-7,12-13,18-19,24-25,30-31,36-37,42-44,46,48-50,52,54-56,58,60-62,64,66-85H2,1-5H3/b10-8-,11-9-,16-14-,17-15-,22-20-,23-21-,28-26-,29-27-,34-32-,35-33-,40-38-,41-39-,47-45-,53-51-,59-57-,65-63-. The van der Waals surface area contributed by atoms with Crippen molar-refractivity contribution in [2.24, 2.45) is 0 Å². The summed E-state index contributed by atoms with van der Waals surface area (Å²) in [7, 11) is 1.14. The maximum absolute atomic E-state index is 12.9. The second-order valence-corrected chi connectivity index (χ2v) is 28.0. The Bertz CT molecular complexity index is 2360. The fourth-order valence-corrected chi connectivity index (χ4v) is 10.9. The Kier molecular flexibility index (Phi) is 72.0. The lowest BCUT2D eigenvalue weighted by atomic mass is 10.0. The van der Waals surface area contributed by atoms with Crippen molar-refractivity contribution in [2.75, 3.05) is 47.5 Å². The van der Waals surface area contributed by atoms with Gasteiger partial charge in [0.1, 0.15) is 19.8 Å². The molecule has 0 aliphatic heterocycles. The van der Waals surface area contributed by atoms with Gasteiger partial charge >= 0.3 is 11.9 Å². The van der Waals surface area contributed by atoms with E-state index in [1.807, 2.05) is 21.1 Å². The highest BCUT2D eigenvalue weighted by atomic mass is 31.2. The molecule has 0 saturated heterocycles. The molecule has 0 aliphatic rings. The van der Waals surface area contributed by atoms with E-state index in [4.69, 9.17) is 18.5 Å². The Morgan fingerprint density at radius 3 is 0.816 bits per heavy atom. The molecule has 0 aromatic heterocycles. The molecule has 0 aromatic rings. The molecule has 0 aliphatic carbocycles. The molecule has 2 unspecified atom stereocenters. The number of quaternary nitrogens is 1. The maximum atomic E-state index is 12.9. The van der Waals surface area contributed by atoms with Gasteiger partial charge in [0.15, 0.2) is 6.10 Å². The molecule has 0 saturated carbocycles. The fourth-order valence-electron chi connectivity index (χ4n) is 10.2. The summed E-state index contributed by atoms with van der Waals surface area (Å²) in [5.74, 6) is -0.855. The van der Waals surface area contributed by atoms with Crippen molar-refractivity contribution in [3.05, 3.63) is 194 Å². The van der Waals surface area contributed by atoms with Gasteiger partial charge in [-0.2, -0.15) is 0 Å². The van der Waals surface area contributed by atoms with Crippen molar-refractivity contribution in [3.8, 4) is 0 Å². The first-order chi connectivity index (χ1) is 48.0. The number of ether oxygens (including phenoxy) is 2. The Morgan fingerprint density at radius 2 is 0.551 bits per heavy atom. The predicted molar refractivity (Wildman–Crippen MR) is 424 cm³/mol. The number of carbonyl (C=O) groups is 2. The van der Waals surface area contributed by atoms with Crippen LogP contribution in [0.2, 0.25) is 0 Å². The largest absolute Gasteiger partial charge is 0.756 e. The van der Waals surface area contributed by atoms with Gasteiger partial charge in [-0.25, -0.2) is 0 Å². The van der Waals surface area contributed by atoms with Crippen LogP contribution < -0.4 is 4.89 Å². The zero-order valence-electron chi connectivity index (χ0n) is 63.2. The van der Waals surface area contributed by atoms with E-state index in [-0.39, 0.29) is 26.1 Å². The molecule has 0 spiro atoms. The minimum absolute atomic E-state index is 0.0425. The lowest BCUT2D eigenvalue weighted by Crippen LogP contribution is -2.37. The van der Waals surface area contributed by atoms with Gasteiger partial charge in [0.25, 0.3) is 7.82 Å². The summed E-state index contributed by atoms with van der Waals surface area (Å²) in [4.78, 5) is 38.2. The summed E-state index contributed by atoms with van der Waals surface area (Å²) in [5.41, 5.74) is 0. The first-order valence-corrected chi connectivity index (χ1v) is 40.6. The van der Waals surface area contributed by atoms with Crippen molar-refractivity contribution in [2.45, 2.75) is 302 Å². The molecule has 2 atom stereocenters. The van der Waals surface area contributed by atoms with Crippen LogP contribution in [0.3, 0.4) is 0 Å². The van der Waals surface area contributed by atoms with E-state index >= 15 is 0 Å². The normalized spacial score (nSPS) is 14.1. The molecule has 0 fully saturated rings. The van der Waals surface area contributed by atoms with Crippen LogP contribution in [0, 0.1) is 0 Å². The number of carbonyl (C=O) groups excluding carboxylic acids is 2. The fraction of sp³-hybridized carbons (Fsp3) is 0.614. The van der Waals surface area contributed by atoms with Crippen molar-refractivity contribution in [3.63, 3.8) is 0 Å². The van der Waals surface area contributed by atoms with Crippen LogP contribution in [0.15, 0.2) is 194 Å². The third kappa shape index (κ3) is 79.8. The van der Waals surface area contributed by atoms with E-state index in [1.165, 1.54) is 103 Å². The minimum Gasteiger partial charge on any atom is -0.756 e. The average Bonchev–Trinajstić information content (AvgIpc) is 1.08. The zero-order valence-corrected chi connectivity index (χ0v) is 64.0. The van der Waals surface area contributed by atoms with Gasteiger partial charge in [-0.1, -0.05) is 337 Å². The molecule has 0 amide bonds. The SMILES string of the molecule is CC/C=C\C/C=C\C/C=C\C/C=C\C/C=C\C/C=C\C/C=C\C/C=C\C/C=C\C/C=C\CCCCCCCCC(=O)OC(COC(=O)CCCCCCCCCCCCCCCCCCCC/C=C\C/C=C\C/C=C\C/C=C\C/C=C\C/C=C\CC)COP(=O)([O-])OCC[N+](C)(C)C. The zero-order chi connectivity index (χ0) is 71.1. The van der Waals surface area contributed by atoms with Gasteiger partial charge in [0, 0.05) is 12.8 Å². The smallest absolute Gasteiger partial charge is 0.306 e. The molecule has 0 N–H and O–H groups in total. The Hall–Kier alpha value is -5.15. The van der Waals surface area contributed by atoms with Gasteiger partial charge in [-0.05, 0) is 141 Å². The number of phosphoric ester groups is 1. The predicted octanol–water partition coefficient (Wildman–Crippen LogP) is 25.8. The molecule has 0 bridgehead atoms. The third-order valence-corrected chi connectivity index (χ3v) is 17.1. The number of hydrogen-bond acceptors (Lipinski definition) is 8. The highest BCUT2D eigenvalue weighted by molar-refractivity contribution is 7.45. The number of unbranched alkanes of at least 4 members (excludes halogenated alkanes) is 24. The Morgan fingerprint density at radius 1 is 0.316 bits per heavy atom. The van der Waals surface area contributed by atoms with Crippen LogP contribution >= 0.6 is 7.82 Å². The Balaban J connectivity index is 4.08. The summed E-state index contributed by atoms with van der Waals surface area (Å²) in [6, 6.07) is 0. The van der Waals surface area contributed by atoms with Crippen molar-refractivity contribution in [1.29, 1.82) is 0 Å². The molecule has 0 aromatic carbocycles. The van der Waals surface area contributed by atoms with Crippen LogP contribution in [0.5, 0.6) is 0 Å². The summed E-state index contributed by atoms with van der Waals surface area (Å²) in [6.07, 6.45) is 118. The van der Waals surface area contributed by atoms with Gasteiger partial charge in [-0.15, -0.1) is 0 Å². The number of likely N-dealkylation sites (N-methyl/N-ethyl adjacent to an activating group) is 1. The molecular weight excluding hydrogens is 1230 g/mol. The first kappa shape index (κ1) is 92.8. The van der Waals surface area contributed by atoms with Crippen LogP contribution in [-0.2, 0) is 32.7 Å². The van der Waals surface area contributed by atoms with Crippen LogP contribution in [0.1, 0.15) is 296 Å². The van der Waals surface area contributed by atoms with E-state index < -0.39 is 32.5 Å². The topological polar surface area (TPSA) is 111 Å². The van der Waals surface area contributed by atoms with Crippen LogP contribution in [-0.4, -0.2) is 70.0 Å². The van der Waals surface area contributed by atoms with E-state index in [0.717, 1.165) is 161 Å². The molecular formula is C88H144NO8P. The average molecular weight is 1380 g/mol. The molecule has 0 heterocycles. The summed E-state index contributed by atoms with van der Waals surface area (Å²) >= 11 is 0. The van der Waals surface area contributed by atoms with Crippen molar-refractivity contribution in [1.82, 2.24) is 0 Å². The first-order valence-electron chi connectivity index (χ1n) is 39.1. The van der Waals surface area contributed by atoms with E-state index in [0.29, 0.717) is 17.4 Å². The minimum atomic E-state index is -4.66. The van der Waals surface area contributed by atoms with E-state index in [9.17, 15) is 19.0 Å². The van der Waals surface area contributed by atoms with Gasteiger partial charge in [-0.3, -0.25) is 14.2 Å². The molecule has 0 rings (SSSR count). The monoisotopic (exact) mass is 1370 g/mol. The van der Waals surface area contributed by atoms with Crippen LogP contribution in [0.25, 0.3) is 0 Å². The summed E-state index contributed by atoms with van der Waals surface area (Å²) in [6.45, 7) is 3.99. The maximum Gasteiger partial charge on any atom is 0.306 e. The van der Waals surface area contributed by atoms with Crippen molar-refractivity contribution >= 4 is 19.8 Å². The lowest BCUT2D eigenvalue weighted by Gasteiger charge is -2.28. The molecule has 98 heavy (non-hydrogen) atoms. The van der Waals surface area contributed by atoms with Crippen LogP contribution in [0.4, 0.5) is 0 Å². The van der Waals surface area contributed by atoms with Gasteiger partial charge in [0.2, 0.25) is 0 Å². The highest BCUT2D eigenvalue weighted by Crippen LogP contribution is 2.38. The van der Waals surface area contributed by atoms with E-state index in [1.54, 1.807) is 0 Å².